The molecule has 218 valence electrons. The van der Waals surface area contributed by atoms with Gasteiger partial charge in [-0.1, -0.05) is 29.8 Å². The summed E-state index contributed by atoms with van der Waals surface area (Å²) in [5, 5.41) is 15.9. The number of piperazine rings is 1. The lowest BCUT2D eigenvalue weighted by Crippen LogP contribution is -2.53. The van der Waals surface area contributed by atoms with Gasteiger partial charge in [-0.3, -0.25) is 14.7 Å². The van der Waals surface area contributed by atoms with Crippen LogP contribution in [-0.4, -0.2) is 101 Å². The third-order valence-corrected chi connectivity index (χ3v) is 8.97. The second kappa shape index (κ2) is 11.8. The number of urea groups is 1. The third-order valence-electron chi connectivity index (χ3n) is 7.85. The number of carbonyl (C=O) groups excluding carboxylic acids is 2. The van der Waals surface area contributed by atoms with E-state index in [1.54, 1.807) is 31.0 Å². The highest BCUT2D eigenvalue weighted by molar-refractivity contribution is 7.11. The number of methoxy groups -OCH3 is 1. The fourth-order valence-electron chi connectivity index (χ4n) is 5.36. The summed E-state index contributed by atoms with van der Waals surface area (Å²) in [6.07, 6.45) is 2.08. The third kappa shape index (κ3) is 5.95. The number of benzene rings is 1. The van der Waals surface area contributed by atoms with Crippen LogP contribution in [0.5, 0.6) is 0 Å². The molecular weight excluding hydrogens is 568 g/mol. The number of aliphatic imine (C=N–C) groups is 1. The average Bonchev–Trinajstić information content (AvgIpc) is 3.60. The van der Waals surface area contributed by atoms with Crippen molar-refractivity contribution in [3.63, 3.8) is 0 Å². The molecule has 3 aliphatic rings. The molecule has 2 fully saturated rings. The van der Waals surface area contributed by atoms with Gasteiger partial charge in [-0.25, -0.2) is 14.6 Å². The summed E-state index contributed by atoms with van der Waals surface area (Å²) >= 11 is 8.02. The zero-order chi connectivity index (χ0) is 29.3. The highest BCUT2D eigenvalue weighted by atomic mass is 35.5. The Labute approximate surface area is 247 Å². The molecule has 5 rings (SSSR count). The number of aliphatic carboxylic acids is 1. The maximum Gasteiger partial charge on any atom is 0.338 e. The quantitative estimate of drug-likeness (QED) is 0.420. The van der Waals surface area contributed by atoms with E-state index in [1.165, 1.54) is 18.4 Å². The van der Waals surface area contributed by atoms with E-state index in [2.05, 4.69) is 15.2 Å². The average molecular weight is 601 g/mol. The molecule has 3 aliphatic heterocycles. The van der Waals surface area contributed by atoms with Gasteiger partial charge in [-0.05, 0) is 26.3 Å². The van der Waals surface area contributed by atoms with Crippen molar-refractivity contribution in [2.45, 2.75) is 32.4 Å². The van der Waals surface area contributed by atoms with E-state index in [-0.39, 0.29) is 12.1 Å². The molecule has 2 saturated heterocycles. The lowest BCUT2D eigenvalue weighted by Gasteiger charge is -2.38. The number of amidine groups is 1. The number of rotatable bonds is 9. The minimum atomic E-state index is -0.909. The molecule has 0 radical (unpaired) electrons. The molecule has 2 atom stereocenters. The van der Waals surface area contributed by atoms with E-state index in [0.717, 1.165) is 0 Å². The molecular formula is C28H33ClN6O5S. The number of thiazole rings is 1. The van der Waals surface area contributed by atoms with Crippen LogP contribution in [0.15, 0.2) is 52.1 Å². The Morgan fingerprint density at radius 1 is 1.24 bits per heavy atom. The molecule has 2 N–H and O–H groups in total. The van der Waals surface area contributed by atoms with E-state index in [4.69, 9.17) is 21.3 Å². The van der Waals surface area contributed by atoms with Crippen molar-refractivity contribution in [3.8, 4) is 0 Å². The zero-order valence-electron chi connectivity index (χ0n) is 23.2. The Morgan fingerprint density at radius 2 is 2.02 bits per heavy atom. The van der Waals surface area contributed by atoms with Gasteiger partial charge in [-0.2, -0.15) is 0 Å². The van der Waals surface area contributed by atoms with E-state index in [0.29, 0.717) is 78.4 Å². The number of carboxylic acid groups (broad SMARTS) is 1. The molecule has 0 unspecified atom stereocenters. The number of aromatic nitrogens is 1. The number of nitrogens with zero attached hydrogens (tertiary/aromatic N) is 5. The zero-order valence-corrected chi connectivity index (χ0v) is 24.7. The molecule has 2 aromatic rings. The first-order valence-electron chi connectivity index (χ1n) is 13.4. The van der Waals surface area contributed by atoms with Crippen molar-refractivity contribution in [1.82, 2.24) is 25.0 Å². The molecule has 0 bridgehead atoms. The van der Waals surface area contributed by atoms with Crippen LogP contribution in [-0.2, 0) is 14.3 Å². The van der Waals surface area contributed by atoms with Crippen LogP contribution in [0.25, 0.3) is 0 Å². The molecule has 2 amide bonds. The summed E-state index contributed by atoms with van der Waals surface area (Å²) in [5.74, 6) is -0.825. The first kappa shape index (κ1) is 29.0. The number of ether oxygens (including phenoxy) is 1. The van der Waals surface area contributed by atoms with Gasteiger partial charge in [0.1, 0.15) is 6.04 Å². The van der Waals surface area contributed by atoms with Crippen molar-refractivity contribution in [2.75, 3.05) is 46.4 Å². The summed E-state index contributed by atoms with van der Waals surface area (Å²) in [7, 11) is 1.35. The maximum absolute atomic E-state index is 13.2. The predicted molar refractivity (Wildman–Crippen MR) is 155 cm³/mol. The van der Waals surface area contributed by atoms with Gasteiger partial charge in [0, 0.05) is 67.1 Å². The van der Waals surface area contributed by atoms with E-state index in [9.17, 15) is 19.5 Å². The molecule has 1 aromatic heterocycles. The van der Waals surface area contributed by atoms with Crippen LogP contribution >= 0.6 is 22.9 Å². The maximum atomic E-state index is 13.2. The Kier molecular flexibility index (Phi) is 8.35. The summed E-state index contributed by atoms with van der Waals surface area (Å²) in [6, 6.07) is 6.52. The largest absolute Gasteiger partial charge is 0.481 e. The highest BCUT2D eigenvalue weighted by Crippen LogP contribution is 2.36. The minimum Gasteiger partial charge on any atom is -0.481 e. The van der Waals surface area contributed by atoms with Gasteiger partial charge in [0.25, 0.3) is 0 Å². The summed E-state index contributed by atoms with van der Waals surface area (Å²) in [5.41, 5.74) is 0.810. The Bertz CT molecular complexity index is 1390. The number of nitrogens with one attached hydrogen (secondary N) is 1. The first-order valence-corrected chi connectivity index (χ1v) is 14.7. The summed E-state index contributed by atoms with van der Waals surface area (Å²) < 4.78 is 5.21. The van der Waals surface area contributed by atoms with Crippen molar-refractivity contribution in [2.24, 2.45) is 10.4 Å². The SMILES string of the molecule is COC(=O)C1=C(CN2CCN3C(=O)N(CCC(C)(C)C(=O)O)C[C@@H]3C2)NC(c2nccs2)=N[C@H]1c1ccccc1Cl. The van der Waals surface area contributed by atoms with Gasteiger partial charge in [-0.15, -0.1) is 11.3 Å². The normalized spacial score (nSPS) is 21.5. The van der Waals surface area contributed by atoms with Gasteiger partial charge < -0.3 is 25.0 Å². The van der Waals surface area contributed by atoms with Crippen molar-refractivity contribution in [1.29, 1.82) is 0 Å². The molecule has 41 heavy (non-hydrogen) atoms. The van der Waals surface area contributed by atoms with Gasteiger partial charge in [0.15, 0.2) is 10.8 Å². The second-order valence-electron chi connectivity index (χ2n) is 11.0. The molecule has 0 aliphatic carbocycles. The lowest BCUT2D eigenvalue weighted by molar-refractivity contribution is -0.147. The molecule has 1 aromatic carbocycles. The van der Waals surface area contributed by atoms with E-state index in [1.807, 2.05) is 28.5 Å². The fourth-order valence-corrected chi connectivity index (χ4v) is 6.19. The monoisotopic (exact) mass is 600 g/mol. The van der Waals surface area contributed by atoms with E-state index < -0.39 is 23.4 Å². The molecule has 11 nitrogen and oxygen atoms in total. The van der Waals surface area contributed by atoms with Crippen LogP contribution in [0.1, 0.15) is 36.9 Å². The molecule has 13 heteroatoms. The number of carbonyl (C=O) groups is 3. The smallest absolute Gasteiger partial charge is 0.338 e. The van der Waals surface area contributed by atoms with Crippen LogP contribution in [0, 0.1) is 5.41 Å². The lowest BCUT2D eigenvalue weighted by atomic mass is 9.89. The van der Waals surface area contributed by atoms with Crippen LogP contribution < -0.4 is 5.32 Å². The molecule has 0 saturated carbocycles. The fraction of sp³-hybridized carbons (Fsp3) is 0.464. The molecule has 4 heterocycles. The minimum absolute atomic E-state index is 0.0403. The standard InChI is InChI=1S/C28H33ClN6O5S/c1-28(2,26(37)38)8-10-34-15-17-14-33(11-12-35(17)27(34)39)16-20-21(25(36)40-3)22(18-6-4-5-7-19(18)29)32-23(31-20)24-30-9-13-41-24/h4-7,9,13,17,22H,8,10-12,14-16H2,1-3H3,(H,31,32)(H,37,38)/t17-,22-/m0/s1. The summed E-state index contributed by atoms with van der Waals surface area (Å²) in [4.78, 5) is 52.9. The van der Waals surface area contributed by atoms with Crippen LogP contribution in [0.4, 0.5) is 4.79 Å². The first-order chi connectivity index (χ1) is 19.6. The van der Waals surface area contributed by atoms with Crippen LogP contribution in [0.2, 0.25) is 5.02 Å². The van der Waals surface area contributed by atoms with Crippen LogP contribution in [0.3, 0.4) is 0 Å². The number of carboxylic acids is 1. The Morgan fingerprint density at radius 3 is 2.71 bits per heavy atom. The van der Waals surface area contributed by atoms with Crippen molar-refractivity contribution in [3.05, 3.63) is 62.7 Å². The second-order valence-corrected chi connectivity index (χ2v) is 12.3. The van der Waals surface area contributed by atoms with Crippen molar-refractivity contribution >= 4 is 46.7 Å². The number of halogens is 1. The number of amides is 2. The van der Waals surface area contributed by atoms with E-state index >= 15 is 0 Å². The predicted octanol–water partition coefficient (Wildman–Crippen LogP) is 3.24. The number of hydrogen-bond acceptors (Lipinski definition) is 9. The van der Waals surface area contributed by atoms with Crippen molar-refractivity contribution < 1.29 is 24.2 Å². The van der Waals surface area contributed by atoms with Gasteiger partial charge in [0.2, 0.25) is 0 Å². The number of hydrogen-bond donors (Lipinski definition) is 2. The number of fused-ring (bicyclic) bond motifs is 1. The Hall–Kier alpha value is -3.48. The van der Waals surface area contributed by atoms with Gasteiger partial charge in [0.05, 0.1) is 24.1 Å². The Balaban J connectivity index is 1.39. The summed E-state index contributed by atoms with van der Waals surface area (Å²) in [6.45, 7) is 6.40. The topological polar surface area (TPSA) is 128 Å². The van der Waals surface area contributed by atoms with Gasteiger partial charge >= 0.3 is 18.0 Å². The number of esters is 1. The molecule has 0 spiro atoms. The highest BCUT2D eigenvalue weighted by Gasteiger charge is 2.42.